The van der Waals surface area contributed by atoms with Crippen LogP contribution in [-0.4, -0.2) is 32.9 Å². The zero-order chi connectivity index (χ0) is 10.3. The molecule has 2 aromatic rings. The van der Waals surface area contributed by atoms with Crippen molar-refractivity contribution in [1.29, 1.82) is 0 Å². The maximum absolute atomic E-state index is 10.6. The summed E-state index contributed by atoms with van der Waals surface area (Å²) in [6.45, 7) is 0. The van der Waals surface area contributed by atoms with Gasteiger partial charge >= 0.3 is 29.6 Å². The molecule has 0 aliphatic carbocycles. The van der Waals surface area contributed by atoms with Crippen molar-refractivity contribution in [1.82, 2.24) is 19.9 Å². The van der Waals surface area contributed by atoms with Gasteiger partial charge in [0.2, 0.25) is 5.16 Å². The number of nitrogens with zero attached hydrogens (tertiary/aromatic N) is 2. The third-order valence-corrected chi connectivity index (χ3v) is 2.48. The molecule has 0 atom stereocenters. The van der Waals surface area contributed by atoms with Gasteiger partial charge in [0.15, 0.2) is 20.4 Å². The van der Waals surface area contributed by atoms with Gasteiger partial charge in [0, 0.05) is 0 Å². The van der Waals surface area contributed by atoms with Gasteiger partial charge in [-0.05, 0) is 0 Å². The van der Waals surface area contributed by atoms with Crippen molar-refractivity contribution in [3.05, 3.63) is 11.0 Å². The Morgan fingerprint density at radius 2 is 2.13 bits per heavy atom. The van der Waals surface area contributed by atoms with E-state index in [4.69, 9.17) is 12.2 Å². The van der Waals surface area contributed by atoms with E-state index < -0.39 is 15.3 Å². The SMILES string of the molecule is O=S(=O)([O-])c1nc(=S)c2[nH]cnc2[nH]1.[Na+]. The van der Waals surface area contributed by atoms with Crippen LogP contribution < -0.4 is 29.6 Å². The summed E-state index contributed by atoms with van der Waals surface area (Å²) in [7, 11) is -4.63. The summed E-state index contributed by atoms with van der Waals surface area (Å²) in [5, 5.41) is -0.720. The van der Waals surface area contributed by atoms with Gasteiger partial charge in [-0.2, -0.15) is 0 Å². The molecular weight excluding hydrogens is 251 g/mol. The van der Waals surface area contributed by atoms with Crippen LogP contribution in [0.3, 0.4) is 0 Å². The summed E-state index contributed by atoms with van der Waals surface area (Å²) in [5.74, 6) is 0. The predicted octanol–water partition coefficient (Wildman–Crippen LogP) is -3.08. The van der Waals surface area contributed by atoms with Gasteiger partial charge in [-0.1, -0.05) is 12.2 Å². The zero-order valence-corrected chi connectivity index (χ0v) is 11.1. The molecule has 15 heavy (non-hydrogen) atoms. The second-order valence-electron chi connectivity index (χ2n) is 2.43. The van der Waals surface area contributed by atoms with E-state index in [2.05, 4.69) is 19.9 Å². The Labute approximate surface area is 111 Å². The normalized spacial score (nSPS) is 11.3. The van der Waals surface area contributed by atoms with Crippen molar-refractivity contribution >= 4 is 33.5 Å². The second-order valence-corrected chi connectivity index (χ2v) is 4.11. The third-order valence-electron chi connectivity index (χ3n) is 1.52. The van der Waals surface area contributed by atoms with E-state index in [1.165, 1.54) is 6.33 Å². The van der Waals surface area contributed by atoms with Crippen molar-refractivity contribution in [2.24, 2.45) is 0 Å². The van der Waals surface area contributed by atoms with Crippen LogP contribution in [0.25, 0.3) is 11.2 Å². The van der Waals surface area contributed by atoms with Crippen LogP contribution in [0.2, 0.25) is 0 Å². The number of aromatic nitrogens is 4. The summed E-state index contributed by atoms with van der Waals surface area (Å²) in [5.41, 5.74) is 0.590. The Morgan fingerprint density at radius 3 is 2.73 bits per heavy atom. The Kier molecular flexibility index (Phi) is 3.63. The molecule has 0 fully saturated rings. The van der Waals surface area contributed by atoms with E-state index in [0.717, 1.165) is 0 Å². The zero-order valence-electron chi connectivity index (χ0n) is 7.51. The van der Waals surface area contributed by atoms with Crippen molar-refractivity contribution in [3.8, 4) is 0 Å². The summed E-state index contributed by atoms with van der Waals surface area (Å²) in [6, 6.07) is 0. The maximum atomic E-state index is 10.6. The van der Waals surface area contributed by atoms with Gasteiger partial charge in [0.05, 0.1) is 6.33 Å². The standard InChI is InChI=1S/C5H4N4O3S2.Na/c10-14(11,12)5-8-3-2(4(13)9-5)6-1-7-3;/h1H,(H,10,11,12)(H2,6,7,8,9,13);/q;+1/p-1. The molecule has 0 saturated carbocycles. The first-order chi connectivity index (χ1) is 6.48. The first-order valence-corrected chi connectivity index (χ1v) is 5.19. The summed E-state index contributed by atoms with van der Waals surface area (Å²) in [4.78, 5) is 12.1. The van der Waals surface area contributed by atoms with E-state index in [9.17, 15) is 13.0 Å². The first kappa shape index (κ1) is 12.7. The largest absolute Gasteiger partial charge is 1.00 e. The maximum Gasteiger partial charge on any atom is 1.00 e. The predicted molar refractivity (Wildman–Crippen MR) is 47.0 cm³/mol. The molecule has 0 saturated heterocycles. The molecule has 0 aromatic carbocycles. The number of aromatic amines is 2. The quantitative estimate of drug-likeness (QED) is 0.241. The molecule has 0 aliphatic rings. The average molecular weight is 254 g/mol. The number of imidazole rings is 1. The number of nitrogens with one attached hydrogen (secondary N) is 2. The van der Waals surface area contributed by atoms with Crippen LogP contribution in [0.4, 0.5) is 0 Å². The fourth-order valence-corrected chi connectivity index (χ4v) is 1.68. The molecule has 2 heterocycles. The molecular formula is C5H3N4NaO3S2. The second kappa shape index (κ2) is 4.28. The minimum atomic E-state index is -4.63. The van der Waals surface area contributed by atoms with Crippen molar-refractivity contribution < 1.29 is 42.5 Å². The van der Waals surface area contributed by atoms with Crippen molar-refractivity contribution in [3.63, 3.8) is 0 Å². The van der Waals surface area contributed by atoms with Gasteiger partial charge < -0.3 is 14.5 Å². The third kappa shape index (κ3) is 2.44. The molecule has 0 radical (unpaired) electrons. The number of hydrogen-bond donors (Lipinski definition) is 2. The van der Waals surface area contributed by atoms with Crippen LogP contribution in [0.5, 0.6) is 0 Å². The Bertz CT molecular complexity index is 646. The molecule has 74 valence electrons. The molecule has 0 amide bonds. The topological polar surface area (TPSA) is 115 Å². The Balaban J connectivity index is 0.00000112. The number of rotatable bonds is 1. The molecule has 7 nitrogen and oxygen atoms in total. The van der Waals surface area contributed by atoms with Crippen molar-refractivity contribution in [2.75, 3.05) is 0 Å². The molecule has 0 aliphatic heterocycles. The summed E-state index contributed by atoms with van der Waals surface area (Å²) in [6.07, 6.45) is 1.32. The van der Waals surface area contributed by atoms with Crippen LogP contribution in [0.15, 0.2) is 11.5 Å². The van der Waals surface area contributed by atoms with Gasteiger partial charge in [0.1, 0.15) is 5.52 Å². The number of H-pyrrole nitrogens is 2. The van der Waals surface area contributed by atoms with Crippen LogP contribution in [0, 0.1) is 4.64 Å². The Morgan fingerprint density at radius 1 is 1.47 bits per heavy atom. The van der Waals surface area contributed by atoms with Gasteiger partial charge in [-0.3, -0.25) is 0 Å². The van der Waals surface area contributed by atoms with Gasteiger partial charge in [0.25, 0.3) is 0 Å². The molecule has 2 aromatic heterocycles. The summed E-state index contributed by atoms with van der Waals surface area (Å²) < 4.78 is 31.8. The van der Waals surface area contributed by atoms with E-state index in [1.54, 1.807) is 0 Å². The van der Waals surface area contributed by atoms with Crippen LogP contribution in [0.1, 0.15) is 0 Å². The fourth-order valence-electron chi connectivity index (χ4n) is 0.948. The van der Waals surface area contributed by atoms with Crippen LogP contribution >= 0.6 is 12.2 Å². The molecule has 0 unspecified atom stereocenters. The number of hydrogen-bond acceptors (Lipinski definition) is 6. The first-order valence-electron chi connectivity index (χ1n) is 3.38. The fraction of sp³-hybridized carbons (Fsp3) is 0. The minimum Gasteiger partial charge on any atom is -0.742 e. The smallest absolute Gasteiger partial charge is 0.742 e. The molecule has 2 rings (SSSR count). The monoisotopic (exact) mass is 254 g/mol. The van der Waals surface area contributed by atoms with E-state index in [0.29, 0.717) is 5.52 Å². The molecule has 2 N–H and O–H groups in total. The molecule has 0 spiro atoms. The van der Waals surface area contributed by atoms with Crippen molar-refractivity contribution in [2.45, 2.75) is 5.16 Å². The van der Waals surface area contributed by atoms with Gasteiger partial charge in [-0.15, -0.1) is 0 Å². The molecule has 10 heteroatoms. The molecule has 0 bridgehead atoms. The van der Waals surface area contributed by atoms with Crippen LogP contribution in [-0.2, 0) is 10.1 Å². The van der Waals surface area contributed by atoms with E-state index in [1.807, 2.05) is 0 Å². The van der Waals surface area contributed by atoms with E-state index in [-0.39, 0.29) is 39.8 Å². The number of fused-ring (bicyclic) bond motifs is 1. The Hall–Kier alpha value is -0.320. The minimum absolute atomic E-state index is 0. The summed E-state index contributed by atoms with van der Waals surface area (Å²) >= 11 is 4.76. The van der Waals surface area contributed by atoms with Gasteiger partial charge in [-0.25, -0.2) is 18.4 Å². The average Bonchev–Trinajstić information content (AvgIpc) is 2.50. The van der Waals surface area contributed by atoms with E-state index >= 15 is 0 Å².